The highest BCUT2D eigenvalue weighted by atomic mass is 32.2. The number of carbonyl (C=O) groups excluding carboxylic acids is 2. The van der Waals surface area contributed by atoms with Crippen molar-refractivity contribution in [3.8, 4) is 0 Å². The van der Waals surface area contributed by atoms with Crippen LogP contribution in [0, 0.1) is 0 Å². The van der Waals surface area contributed by atoms with Gasteiger partial charge >= 0.3 is 6.03 Å². The molecule has 0 unspecified atom stereocenters. The molecule has 2 aliphatic rings. The number of urea groups is 1. The number of fused-ring (bicyclic) bond motifs is 2. The van der Waals surface area contributed by atoms with Crippen molar-refractivity contribution in [2.24, 2.45) is 0 Å². The van der Waals surface area contributed by atoms with Crippen LogP contribution in [0.15, 0.2) is 35.2 Å². The van der Waals surface area contributed by atoms with Gasteiger partial charge in [0.25, 0.3) is 0 Å². The molecule has 2 amide bonds. The van der Waals surface area contributed by atoms with Crippen molar-refractivity contribution >= 4 is 29.4 Å². The van der Waals surface area contributed by atoms with Gasteiger partial charge in [0.05, 0.1) is 0 Å². The van der Waals surface area contributed by atoms with Crippen molar-refractivity contribution in [3.63, 3.8) is 0 Å². The number of Topliss-reactive ketones (excluding diaryl/α,β-unsaturated/α-hetero) is 1. The summed E-state index contributed by atoms with van der Waals surface area (Å²) in [6.07, 6.45) is 6.69. The fourth-order valence-electron chi connectivity index (χ4n) is 3.97. The molecule has 0 aromatic heterocycles. The summed E-state index contributed by atoms with van der Waals surface area (Å²) < 4.78 is 2.86. The number of carbonyl (C=O) groups is 2. The van der Waals surface area contributed by atoms with Gasteiger partial charge in [0.15, 0.2) is 5.78 Å². The van der Waals surface area contributed by atoms with Gasteiger partial charge in [-0.3, -0.25) is 9.52 Å². The molecule has 0 saturated heterocycles. The van der Waals surface area contributed by atoms with Gasteiger partial charge in [-0.25, -0.2) is 4.79 Å². The minimum atomic E-state index is -0.194. The van der Waals surface area contributed by atoms with Crippen LogP contribution in [-0.2, 0) is 25.7 Å². The molecule has 0 saturated carbocycles. The van der Waals surface area contributed by atoms with E-state index in [9.17, 15) is 9.59 Å². The van der Waals surface area contributed by atoms with Gasteiger partial charge in [-0.1, -0.05) is 18.2 Å². The Labute approximate surface area is 157 Å². The van der Waals surface area contributed by atoms with E-state index in [0.717, 1.165) is 36.3 Å². The molecular weight excluding hydrogens is 344 g/mol. The van der Waals surface area contributed by atoms with Gasteiger partial charge in [0.1, 0.15) is 0 Å². The molecule has 2 aromatic rings. The van der Waals surface area contributed by atoms with Crippen LogP contribution in [-0.4, -0.2) is 11.8 Å². The summed E-state index contributed by atoms with van der Waals surface area (Å²) in [6.45, 7) is 1.55. The molecule has 26 heavy (non-hydrogen) atoms. The van der Waals surface area contributed by atoms with Crippen LogP contribution in [0.25, 0.3) is 0 Å². The van der Waals surface area contributed by atoms with Crippen molar-refractivity contribution in [1.29, 1.82) is 0 Å². The second-order valence-corrected chi connectivity index (χ2v) is 7.85. The largest absolute Gasteiger partial charge is 0.329 e. The molecule has 134 valence electrons. The maximum atomic E-state index is 12.5. The highest BCUT2D eigenvalue weighted by Gasteiger charge is 2.24. The molecule has 2 N–H and O–H groups in total. The second kappa shape index (κ2) is 7.16. The number of anilines is 1. The fraction of sp³-hybridized carbons (Fsp3) is 0.333. The molecule has 4 nitrogen and oxygen atoms in total. The number of rotatable bonds is 4. The molecule has 2 aromatic carbocycles. The SMILES string of the molecule is CC(=O)c1ccc(SNC(=O)Nc2c3c(cc4c2CCC4)CCC3)cc1. The first-order chi connectivity index (χ1) is 12.6. The van der Waals surface area contributed by atoms with E-state index in [2.05, 4.69) is 16.1 Å². The quantitative estimate of drug-likeness (QED) is 0.609. The number of amides is 2. The first-order valence-electron chi connectivity index (χ1n) is 9.13. The first kappa shape index (κ1) is 17.2. The van der Waals surface area contributed by atoms with E-state index in [1.165, 1.54) is 47.0 Å². The lowest BCUT2D eigenvalue weighted by Gasteiger charge is -2.16. The minimum absolute atomic E-state index is 0.0408. The molecule has 0 spiro atoms. The molecule has 0 fully saturated rings. The Morgan fingerprint density at radius 1 is 0.923 bits per heavy atom. The van der Waals surface area contributed by atoms with Crippen molar-refractivity contribution in [1.82, 2.24) is 4.72 Å². The summed E-state index contributed by atoms with van der Waals surface area (Å²) in [5.74, 6) is 0.0408. The molecule has 0 aliphatic heterocycles. The van der Waals surface area contributed by atoms with Gasteiger partial charge in [-0.2, -0.15) is 0 Å². The summed E-state index contributed by atoms with van der Waals surface area (Å²) in [5, 5.41) is 3.12. The summed E-state index contributed by atoms with van der Waals surface area (Å²) in [7, 11) is 0. The first-order valence-corrected chi connectivity index (χ1v) is 9.95. The molecular formula is C21H22N2O2S. The zero-order chi connectivity index (χ0) is 18.1. The summed E-state index contributed by atoms with van der Waals surface area (Å²) >= 11 is 1.26. The molecule has 0 bridgehead atoms. The zero-order valence-electron chi connectivity index (χ0n) is 14.9. The van der Waals surface area contributed by atoms with E-state index in [4.69, 9.17) is 0 Å². The zero-order valence-corrected chi connectivity index (χ0v) is 15.7. The Morgan fingerprint density at radius 2 is 1.54 bits per heavy atom. The Morgan fingerprint density at radius 3 is 2.12 bits per heavy atom. The van der Waals surface area contributed by atoms with Gasteiger partial charge in [0.2, 0.25) is 0 Å². The Balaban J connectivity index is 1.45. The number of nitrogens with one attached hydrogen (secondary N) is 2. The Bertz CT molecular complexity index is 842. The summed E-state index contributed by atoms with van der Waals surface area (Å²) in [6, 6.07) is 9.42. The lowest BCUT2D eigenvalue weighted by Crippen LogP contribution is -2.24. The molecule has 4 rings (SSSR count). The van der Waals surface area contributed by atoms with Crippen LogP contribution < -0.4 is 10.0 Å². The topological polar surface area (TPSA) is 58.2 Å². The predicted molar refractivity (Wildman–Crippen MR) is 105 cm³/mol. The maximum Gasteiger partial charge on any atom is 0.329 e. The number of benzene rings is 2. The fourth-order valence-corrected chi connectivity index (χ4v) is 4.50. The van der Waals surface area contributed by atoms with Crippen LogP contribution in [0.4, 0.5) is 10.5 Å². The normalized spacial score (nSPS) is 14.7. The van der Waals surface area contributed by atoms with E-state index in [0.29, 0.717) is 5.56 Å². The van der Waals surface area contributed by atoms with Gasteiger partial charge < -0.3 is 5.32 Å². The third kappa shape index (κ3) is 3.36. The summed E-state index contributed by atoms with van der Waals surface area (Å²) in [5.41, 5.74) is 7.21. The van der Waals surface area contributed by atoms with Crippen molar-refractivity contribution in [2.75, 3.05) is 5.32 Å². The number of aryl methyl sites for hydroxylation is 2. The molecule has 0 heterocycles. The van der Waals surface area contributed by atoms with Crippen molar-refractivity contribution in [2.45, 2.75) is 50.3 Å². The van der Waals surface area contributed by atoms with Gasteiger partial charge in [-0.15, -0.1) is 0 Å². The second-order valence-electron chi connectivity index (χ2n) is 6.97. The third-order valence-corrected chi connectivity index (χ3v) is 6.03. The predicted octanol–water partition coefficient (Wildman–Crippen LogP) is 4.70. The van der Waals surface area contributed by atoms with Crippen LogP contribution in [0.1, 0.15) is 52.4 Å². The van der Waals surface area contributed by atoms with Gasteiger partial charge in [-0.05, 0) is 91.8 Å². The smallest absolute Gasteiger partial charge is 0.307 e. The highest BCUT2D eigenvalue weighted by Crippen LogP contribution is 2.38. The standard InChI is InChI=1S/C21H22N2O2S/c1-13(24)14-8-10-17(11-9-14)26-23-21(25)22-20-18-6-2-4-15(18)12-16-5-3-7-19(16)20/h8-12H,2-7H2,1H3,(H2,22,23,25). The maximum absolute atomic E-state index is 12.5. The molecule has 2 aliphatic carbocycles. The lowest BCUT2D eigenvalue weighted by atomic mass is 9.99. The van der Waals surface area contributed by atoms with Crippen LogP contribution in [0.5, 0.6) is 0 Å². The van der Waals surface area contributed by atoms with Crippen LogP contribution in [0.3, 0.4) is 0 Å². The van der Waals surface area contributed by atoms with E-state index >= 15 is 0 Å². The Hall–Kier alpha value is -2.27. The van der Waals surface area contributed by atoms with Crippen molar-refractivity contribution < 1.29 is 9.59 Å². The lowest BCUT2D eigenvalue weighted by molar-refractivity contribution is 0.101. The average molecular weight is 366 g/mol. The van der Waals surface area contributed by atoms with E-state index in [-0.39, 0.29) is 11.8 Å². The number of ketones is 1. The Kier molecular flexibility index (Phi) is 4.72. The van der Waals surface area contributed by atoms with E-state index in [1.807, 2.05) is 12.1 Å². The molecule has 0 radical (unpaired) electrons. The highest BCUT2D eigenvalue weighted by molar-refractivity contribution is 7.98. The molecule has 5 heteroatoms. The number of hydrogen-bond acceptors (Lipinski definition) is 3. The van der Waals surface area contributed by atoms with E-state index < -0.39 is 0 Å². The van der Waals surface area contributed by atoms with Crippen LogP contribution in [0.2, 0.25) is 0 Å². The summed E-state index contributed by atoms with van der Waals surface area (Å²) in [4.78, 5) is 24.7. The molecule has 0 atom stereocenters. The average Bonchev–Trinajstić information content (AvgIpc) is 3.29. The minimum Gasteiger partial charge on any atom is -0.307 e. The number of hydrogen-bond donors (Lipinski definition) is 2. The van der Waals surface area contributed by atoms with Gasteiger partial charge in [0, 0.05) is 16.1 Å². The monoisotopic (exact) mass is 366 g/mol. The van der Waals surface area contributed by atoms with E-state index in [1.54, 1.807) is 19.1 Å². The van der Waals surface area contributed by atoms with Crippen LogP contribution >= 0.6 is 11.9 Å². The third-order valence-electron chi connectivity index (χ3n) is 5.23. The van der Waals surface area contributed by atoms with Crippen molar-refractivity contribution in [3.05, 3.63) is 58.1 Å².